The largest absolute Gasteiger partial charge is 0.349 e. The Morgan fingerprint density at radius 2 is 2.05 bits per heavy atom. The second-order valence-electron chi connectivity index (χ2n) is 5.59. The number of amides is 1. The first kappa shape index (κ1) is 15.0. The van der Waals surface area contributed by atoms with Crippen molar-refractivity contribution >= 4 is 15.7 Å². The normalized spacial score (nSPS) is 26.1. The van der Waals surface area contributed by atoms with Gasteiger partial charge in [0.2, 0.25) is 5.91 Å². The third-order valence-corrected chi connectivity index (χ3v) is 5.59. The average molecular weight is 296 g/mol. The first-order valence-electron chi connectivity index (χ1n) is 6.63. The SMILES string of the molecule is CC1(NC(=O)C(CN)c2ccccc2)CCS(=O)(=O)C1. The minimum atomic E-state index is -3.04. The van der Waals surface area contributed by atoms with Crippen LogP contribution in [0.3, 0.4) is 0 Å². The molecule has 20 heavy (non-hydrogen) atoms. The third kappa shape index (κ3) is 3.37. The summed E-state index contributed by atoms with van der Waals surface area (Å²) < 4.78 is 23.1. The molecule has 1 fully saturated rings. The van der Waals surface area contributed by atoms with Crippen LogP contribution in [-0.4, -0.2) is 37.9 Å². The van der Waals surface area contributed by atoms with Gasteiger partial charge in [0, 0.05) is 6.54 Å². The van der Waals surface area contributed by atoms with Crippen molar-refractivity contribution in [1.82, 2.24) is 5.32 Å². The Balaban J connectivity index is 2.11. The molecular weight excluding hydrogens is 276 g/mol. The third-order valence-electron chi connectivity index (χ3n) is 3.68. The molecule has 0 bridgehead atoms. The molecule has 0 aromatic heterocycles. The molecule has 2 unspecified atom stereocenters. The highest BCUT2D eigenvalue weighted by atomic mass is 32.2. The number of sulfone groups is 1. The number of carbonyl (C=O) groups is 1. The Hall–Kier alpha value is -1.40. The number of benzene rings is 1. The van der Waals surface area contributed by atoms with Gasteiger partial charge in [0.25, 0.3) is 0 Å². The van der Waals surface area contributed by atoms with E-state index >= 15 is 0 Å². The van der Waals surface area contributed by atoms with Crippen molar-refractivity contribution in [2.24, 2.45) is 5.73 Å². The summed E-state index contributed by atoms with van der Waals surface area (Å²) in [6.07, 6.45) is 0.452. The summed E-state index contributed by atoms with van der Waals surface area (Å²) in [4.78, 5) is 12.4. The second-order valence-corrected chi connectivity index (χ2v) is 7.77. The Morgan fingerprint density at radius 3 is 2.55 bits per heavy atom. The van der Waals surface area contributed by atoms with Gasteiger partial charge in [-0.1, -0.05) is 30.3 Å². The minimum Gasteiger partial charge on any atom is -0.349 e. The molecule has 1 aliphatic rings. The lowest BCUT2D eigenvalue weighted by atomic mass is 9.95. The van der Waals surface area contributed by atoms with E-state index in [1.54, 1.807) is 6.92 Å². The average Bonchev–Trinajstić information content (AvgIpc) is 2.65. The second kappa shape index (κ2) is 5.54. The van der Waals surface area contributed by atoms with E-state index in [0.29, 0.717) is 6.42 Å². The molecule has 2 rings (SSSR count). The van der Waals surface area contributed by atoms with E-state index in [-0.39, 0.29) is 24.0 Å². The zero-order valence-corrected chi connectivity index (χ0v) is 12.3. The molecule has 5 nitrogen and oxygen atoms in total. The topological polar surface area (TPSA) is 89.3 Å². The summed E-state index contributed by atoms with van der Waals surface area (Å²) in [6, 6.07) is 9.29. The van der Waals surface area contributed by atoms with Crippen LogP contribution in [0.5, 0.6) is 0 Å². The lowest BCUT2D eigenvalue weighted by molar-refractivity contribution is -0.123. The molecule has 1 amide bonds. The number of hydrogen-bond donors (Lipinski definition) is 2. The molecule has 1 aromatic rings. The van der Waals surface area contributed by atoms with E-state index in [9.17, 15) is 13.2 Å². The first-order chi connectivity index (χ1) is 9.35. The number of nitrogens with two attached hydrogens (primary N) is 1. The van der Waals surface area contributed by atoms with Gasteiger partial charge in [0.1, 0.15) is 0 Å². The zero-order valence-electron chi connectivity index (χ0n) is 11.5. The molecule has 1 aromatic carbocycles. The Bertz CT molecular complexity index is 586. The number of hydrogen-bond acceptors (Lipinski definition) is 4. The van der Waals surface area contributed by atoms with Crippen LogP contribution in [0, 0.1) is 0 Å². The van der Waals surface area contributed by atoms with Gasteiger partial charge in [0.05, 0.1) is 23.0 Å². The van der Waals surface area contributed by atoms with Crippen LogP contribution in [0.2, 0.25) is 0 Å². The van der Waals surface area contributed by atoms with Gasteiger partial charge in [-0.15, -0.1) is 0 Å². The van der Waals surface area contributed by atoms with E-state index in [2.05, 4.69) is 5.32 Å². The van der Waals surface area contributed by atoms with Crippen molar-refractivity contribution in [3.63, 3.8) is 0 Å². The van der Waals surface area contributed by atoms with Gasteiger partial charge in [-0.25, -0.2) is 8.42 Å². The van der Waals surface area contributed by atoms with E-state index in [4.69, 9.17) is 5.73 Å². The fourth-order valence-electron chi connectivity index (χ4n) is 2.57. The zero-order chi connectivity index (χ0) is 14.8. The van der Waals surface area contributed by atoms with E-state index < -0.39 is 21.3 Å². The van der Waals surface area contributed by atoms with Crippen molar-refractivity contribution in [2.45, 2.75) is 24.8 Å². The van der Waals surface area contributed by atoms with Crippen molar-refractivity contribution in [2.75, 3.05) is 18.1 Å². The van der Waals surface area contributed by atoms with Gasteiger partial charge in [-0.2, -0.15) is 0 Å². The Labute approximate surface area is 119 Å². The first-order valence-corrected chi connectivity index (χ1v) is 8.45. The summed E-state index contributed by atoms with van der Waals surface area (Å²) in [5, 5.41) is 2.86. The molecule has 1 heterocycles. The maximum atomic E-state index is 12.4. The van der Waals surface area contributed by atoms with Gasteiger partial charge in [-0.05, 0) is 18.9 Å². The van der Waals surface area contributed by atoms with Crippen LogP contribution in [0.15, 0.2) is 30.3 Å². The van der Waals surface area contributed by atoms with E-state index in [1.807, 2.05) is 30.3 Å². The molecule has 0 aliphatic carbocycles. The number of nitrogens with one attached hydrogen (secondary N) is 1. The van der Waals surface area contributed by atoms with Crippen LogP contribution in [-0.2, 0) is 14.6 Å². The summed E-state index contributed by atoms with van der Waals surface area (Å²) in [5.41, 5.74) is 5.86. The monoisotopic (exact) mass is 296 g/mol. The molecule has 1 aliphatic heterocycles. The van der Waals surface area contributed by atoms with Gasteiger partial charge in [-0.3, -0.25) is 4.79 Å². The van der Waals surface area contributed by atoms with Crippen LogP contribution in [0.1, 0.15) is 24.8 Å². The fourth-order valence-corrected chi connectivity index (χ4v) is 4.67. The summed E-state index contributed by atoms with van der Waals surface area (Å²) in [7, 11) is -3.04. The lowest BCUT2D eigenvalue weighted by Gasteiger charge is -2.27. The van der Waals surface area contributed by atoms with Crippen LogP contribution in [0.25, 0.3) is 0 Å². The lowest BCUT2D eigenvalue weighted by Crippen LogP contribution is -2.49. The van der Waals surface area contributed by atoms with Crippen LogP contribution >= 0.6 is 0 Å². The Morgan fingerprint density at radius 1 is 1.40 bits per heavy atom. The van der Waals surface area contributed by atoms with E-state index in [0.717, 1.165) is 5.56 Å². The molecule has 2 atom stereocenters. The molecule has 0 saturated carbocycles. The molecule has 1 saturated heterocycles. The highest BCUT2D eigenvalue weighted by Gasteiger charge is 2.40. The predicted molar refractivity (Wildman–Crippen MR) is 78.1 cm³/mol. The maximum absolute atomic E-state index is 12.4. The number of carbonyl (C=O) groups excluding carboxylic acids is 1. The standard InChI is InChI=1S/C14H20N2O3S/c1-14(7-8-20(18,19)10-14)16-13(17)12(9-15)11-5-3-2-4-6-11/h2-6,12H,7-10,15H2,1H3,(H,16,17). The molecule has 0 radical (unpaired) electrons. The molecule has 110 valence electrons. The Kier molecular flexibility index (Phi) is 4.15. The van der Waals surface area contributed by atoms with Crippen LogP contribution < -0.4 is 11.1 Å². The molecule has 6 heteroatoms. The molecular formula is C14H20N2O3S. The summed E-state index contributed by atoms with van der Waals surface area (Å²) in [5.74, 6) is -0.533. The highest BCUT2D eigenvalue weighted by Crippen LogP contribution is 2.24. The highest BCUT2D eigenvalue weighted by molar-refractivity contribution is 7.91. The van der Waals surface area contributed by atoms with Crippen molar-refractivity contribution in [3.05, 3.63) is 35.9 Å². The van der Waals surface area contributed by atoms with Crippen molar-refractivity contribution in [1.29, 1.82) is 0 Å². The van der Waals surface area contributed by atoms with Crippen molar-refractivity contribution < 1.29 is 13.2 Å². The van der Waals surface area contributed by atoms with E-state index in [1.165, 1.54) is 0 Å². The van der Waals surface area contributed by atoms with Gasteiger partial charge < -0.3 is 11.1 Å². The summed E-state index contributed by atoms with van der Waals surface area (Å²) >= 11 is 0. The smallest absolute Gasteiger partial charge is 0.229 e. The van der Waals surface area contributed by atoms with Gasteiger partial charge >= 0.3 is 0 Å². The van der Waals surface area contributed by atoms with Crippen LogP contribution in [0.4, 0.5) is 0 Å². The predicted octanol–water partition coefficient (Wildman–Crippen LogP) is 0.422. The minimum absolute atomic E-state index is 0.00216. The maximum Gasteiger partial charge on any atom is 0.229 e. The van der Waals surface area contributed by atoms with Gasteiger partial charge in [0.15, 0.2) is 9.84 Å². The number of rotatable bonds is 4. The van der Waals surface area contributed by atoms with Crippen molar-refractivity contribution in [3.8, 4) is 0 Å². The molecule has 3 N–H and O–H groups in total. The fraction of sp³-hybridized carbons (Fsp3) is 0.500. The summed E-state index contributed by atoms with van der Waals surface area (Å²) in [6.45, 7) is 1.96. The molecule has 0 spiro atoms. The quantitative estimate of drug-likeness (QED) is 0.843.